The summed E-state index contributed by atoms with van der Waals surface area (Å²) in [4.78, 5) is 15.3. The molecule has 0 saturated carbocycles. The molecule has 1 amide bonds. The molecule has 1 atom stereocenters. The average molecular weight is 291 g/mol. The Kier molecular flexibility index (Phi) is 4.81. The fraction of sp³-hybridized carbons (Fsp3) is 0.200. The number of anilines is 1. The van der Waals surface area contributed by atoms with Gasteiger partial charge in [-0.25, -0.2) is 13.8 Å². The quantitative estimate of drug-likeness (QED) is 0.856. The Morgan fingerprint density at radius 1 is 1.24 bits per heavy atom. The summed E-state index contributed by atoms with van der Waals surface area (Å²) in [5.74, 6) is -1.83. The number of rotatable bonds is 6. The highest BCUT2D eigenvalue weighted by molar-refractivity contribution is 5.77. The summed E-state index contributed by atoms with van der Waals surface area (Å²) >= 11 is 0. The average Bonchev–Trinajstić information content (AvgIpc) is 2.46. The standard InChI is InChI=1S/C15H15F2N3O/c16-12-5-3-10(4-6-12)8-11(14(18)21)9-20-15-13(17)2-1-7-19-15/h1-7,11H,8-9H2,(H2,18,21)(H,19,20). The molecule has 21 heavy (non-hydrogen) atoms. The Bertz CT molecular complexity index is 617. The molecule has 1 unspecified atom stereocenters. The van der Waals surface area contributed by atoms with E-state index in [4.69, 9.17) is 5.73 Å². The molecule has 110 valence electrons. The van der Waals surface area contributed by atoms with Crippen LogP contribution in [-0.4, -0.2) is 17.4 Å². The van der Waals surface area contributed by atoms with E-state index in [0.29, 0.717) is 6.42 Å². The first-order valence-electron chi connectivity index (χ1n) is 6.44. The van der Waals surface area contributed by atoms with E-state index in [1.165, 1.54) is 30.5 Å². The molecule has 6 heteroatoms. The number of amides is 1. The van der Waals surface area contributed by atoms with E-state index in [1.807, 2.05) is 0 Å². The van der Waals surface area contributed by atoms with Gasteiger partial charge in [-0.1, -0.05) is 12.1 Å². The Labute approximate surface area is 121 Å². The maximum absolute atomic E-state index is 13.4. The van der Waals surface area contributed by atoms with Crippen LogP contribution in [0.25, 0.3) is 0 Å². The number of carbonyl (C=O) groups excluding carboxylic acids is 1. The molecule has 1 aromatic carbocycles. The van der Waals surface area contributed by atoms with Gasteiger partial charge in [0.25, 0.3) is 0 Å². The van der Waals surface area contributed by atoms with Crippen molar-refractivity contribution in [2.45, 2.75) is 6.42 Å². The Hall–Kier alpha value is -2.50. The summed E-state index contributed by atoms with van der Waals surface area (Å²) in [5.41, 5.74) is 6.13. The van der Waals surface area contributed by atoms with Gasteiger partial charge in [0.1, 0.15) is 5.82 Å². The number of halogens is 2. The second kappa shape index (κ2) is 6.78. The van der Waals surface area contributed by atoms with Gasteiger partial charge in [0.2, 0.25) is 5.91 Å². The zero-order valence-electron chi connectivity index (χ0n) is 11.2. The Morgan fingerprint density at radius 3 is 2.57 bits per heavy atom. The number of carbonyl (C=O) groups is 1. The van der Waals surface area contributed by atoms with Crippen molar-refractivity contribution < 1.29 is 13.6 Å². The van der Waals surface area contributed by atoms with Crippen LogP contribution in [0.2, 0.25) is 0 Å². The second-order valence-electron chi connectivity index (χ2n) is 4.64. The maximum atomic E-state index is 13.4. The van der Waals surface area contributed by atoms with Crippen LogP contribution in [0.4, 0.5) is 14.6 Å². The summed E-state index contributed by atoms with van der Waals surface area (Å²) in [5, 5.41) is 2.76. The molecule has 0 radical (unpaired) electrons. The van der Waals surface area contributed by atoms with Crippen LogP contribution in [0.1, 0.15) is 5.56 Å². The summed E-state index contributed by atoms with van der Waals surface area (Å²) in [6.07, 6.45) is 1.79. The van der Waals surface area contributed by atoms with Crippen LogP contribution >= 0.6 is 0 Å². The third kappa shape index (κ3) is 4.24. The van der Waals surface area contributed by atoms with Gasteiger partial charge in [-0.05, 0) is 36.2 Å². The van der Waals surface area contributed by atoms with Gasteiger partial charge in [0.05, 0.1) is 5.92 Å². The first kappa shape index (κ1) is 14.9. The molecule has 4 nitrogen and oxygen atoms in total. The van der Waals surface area contributed by atoms with Crippen LogP contribution in [0.15, 0.2) is 42.6 Å². The number of pyridine rings is 1. The monoisotopic (exact) mass is 291 g/mol. The lowest BCUT2D eigenvalue weighted by molar-refractivity contribution is -0.121. The Balaban J connectivity index is 2.01. The van der Waals surface area contributed by atoms with Gasteiger partial charge in [-0.15, -0.1) is 0 Å². The number of hydrogen-bond donors (Lipinski definition) is 2. The highest BCUT2D eigenvalue weighted by Crippen LogP contribution is 2.13. The highest BCUT2D eigenvalue weighted by Gasteiger charge is 2.17. The van der Waals surface area contributed by atoms with Crippen molar-refractivity contribution in [3.05, 3.63) is 59.8 Å². The summed E-state index contributed by atoms with van der Waals surface area (Å²) in [7, 11) is 0. The SMILES string of the molecule is NC(=O)C(CNc1ncccc1F)Cc1ccc(F)cc1. The molecule has 2 rings (SSSR count). The van der Waals surface area contributed by atoms with E-state index in [9.17, 15) is 13.6 Å². The Morgan fingerprint density at radius 2 is 1.95 bits per heavy atom. The lowest BCUT2D eigenvalue weighted by atomic mass is 9.98. The van der Waals surface area contributed by atoms with Crippen LogP contribution in [-0.2, 0) is 11.2 Å². The lowest BCUT2D eigenvalue weighted by Crippen LogP contribution is -2.31. The number of nitrogens with two attached hydrogens (primary N) is 1. The van der Waals surface area contributed by atoms with E-state index < -0.39 is 17.6 Å². The minimum absolute atomic E-state index is 0.0721. The van der Waals surface area contributed by atoms with Crippen LogP contribution in [0, 0.1) is 17.6 Å². The number of nitrogens with zero attached hydrogens (tertiary/aromatic N) is 1. The lowest BCUT2D eigenvalue weighted by Gasteiger charge is -2.15. The normalized spacial score (nSPS) is 11.9. The number of aromatic nitrogens is 1. The first-order valence-corrected chi connectivity index (χ1v) is 6.44. The molecule has 0 spiro atoms. The highest BCUT2D eigenvalue weighted by atomic mass is 19.1. The molecule has 1 heterocycles. The molecular weight excluding hydrogens is 276 g/mol. The van der Waals surface area contributed by atoms with Gasteiger partial charge in [0, 0.05) is 12.7 Å². The molecule has 0 aliphatic rings. The minimum atomic E-state index is -0.545. The number of hydrogen-bond acceptors (Lipinski definition) is 3. The molecule has 2 aromatic rings. The smallest absolute Gasteiger partial charge is 0.222 e. The van der Waals surface area contributed by atoms with Gasteiger partial charge < -0.3 is 11.1 Å². The summed E-state index contributed by atoms with van der Waals surface area (Å²) < 4.78 is 26.3. The van der Waals surface area contributed by atoms with E-state index in [0.717, 1.165) is 5.56 Å². The molecule has 1 aromatic heterocycles. The molecule has 0 bridgehead atoms. The van der Waals surface area contributed by atoms with Crippen molar-refractivity contribution >= 4 is 11.7 Å². The number of primary amides is 1. The van der Waals surface area contributed by atoms with Crippen LogP contribution in [0.5, 0.6) is 0 Å². The summed E-state index contributed by atoms with van der Waals surface area (Å²) in [6, 6.07) is 8.57. The van der Waals surface area contributed by atoms with Crippen molar-refractivity contribution in [2.75, 3.05) is 11.9 Å². The van der Waals surface area contributed by atoms with Crippen molar-refractivity contribution in [2.24, 2.45) is 11.7 Å². The third-order valence-corrected chi connectivity index (χ3v) is 3.07. The fourth-order valence-corrected chi connectivity index (χ4v) is 1.91. The molecule has 0 aliphatic carbocycles. The predicted octanol–water partition coefficient (Wildman–Crippen LogP) is 2.12. The number of nitrogens with one attached hydrogen (secondary N) is 1. The maximum Gasteiger partial charge on any atom is 0.222 e. The molecule has 0 saturated heterocycles. The van der Waals surface area contributed by atoms with E-state index in [2.05, 4.69) is 10.3 Å². The molecule has 0 fully saturated rings. The zero-order chi connectivity index (χ0) is 15.2. The van der Waals surface area contributed by atoms with E-state index in [1.54, 1.807) is 12.1 Å². The molecular formula is C15H15F2N3O. The van der Waals surface area contributed by atoms with Gasteiger partial charge in [-0.3, -0.25) is 4.79 Å². The van der Waals surface area contributed by atoms with Gasteiger partial charge in [0.15, 0.2) is 11.6 Å². The third-order valence-electron chi connectivity index (χ3n) is 3.07. The van der Waals surface area contributed by atoms with Crippen molar-refractivity contribution in [3.8, 4) is 0 Å². The minimum Gasteiger partial charge on any atom is -0.369 e. The van der Waals surface area contributed by atoms with Crippen molar-refractivity contribution in [3.63, 3.8) is 0 Å². The van der Waals surface area contributed by atoms with Crippen molar-refractivity contribution in [1.82, 2.24) is 4.98 Å². The topological polar surface area (TPSA) is 68.0 Å². The van der Waals surface area contributed by atoms with Crippen LogP contribution < -0.4 is 11.1 Å². The number of benzene rings is 1. The van der Waals surface area contributed by atoms with Crippen LogP contribution in [0.3, 0.4) is 0 Å². The fourth-order valence-electron chi connectivity index (χ4n) is 1.91. The van der Waals surface area contributed by atoms with Gasteiger partial charge in [-0.2, -0.15) is 0 Å². The van der Waals surface area contributed by atoms with E-state index >= 15 is 0 Å². The zero-order valence-corrected chi connectivity index (χ0v) is 11.2. The molecule has 3 N–H and O–H groups in total. The second-order valence-corrected chi connectivity index (χ2v) is 4.64. The van der Waals surface area contributed by atoms with Crippen molar-refractivity contribution in [1.29, 1.82) is 0 Å². The summed E-state index contributed by atoms with van der Waals surface area (Å²) in [6.45, 7) is 0.153. The largest absolute Gasteiger partial charge is 0.369 e. The predicted molar refractivity (Wildman–Crippen MR) is 75.5 cm³/mol. The van der Waals surface area contributed by atoms with Gasteiger partial charge >= 0.3 is 0 Å². The molecule has 0 aliphatic heterocycles. The first-order chi connectivity index (χ1) is 10.1. The van der Waals surface area contributed by atoms with E-state index in [-0.39, 0.29) is 18.2 Å².